The largest absolute Gasteiger partial charge is 0.377 e. The molecule has 0 unspecified atom stereocenters. The van der Waals surface area contributed by atoms with Gasteiger partial charge in [0.1, 0.15) is 0 Å². The van der Waals surface area contributed by atoms with Gasteiger partial charge in [0.2, 0.25) is 0 Å². The minimum Gasteiger partial charge on any atom is -0.377 e. The summed E-state index contributed by atoms with van der Waals surface area (Å²) < 4.78 is 7.16. The minimum absolute atomic E-state index is 0.140. The van der Waals surface area contributed by atoms with E-state index in [1.807, 2.05) is 81.6 Å². The molecule has 0 radical (unpaired) electrons. The summed E-state index contributed by atoms with van der Waals surface area (Å²) in [4.78, 5) is 18.0. The van der Waals surface area contributed by atoms with Crippen molar-refractivity contribution in [3.05, 3.63) is 83.0 Å². The lowest BCUT2D eigenvalue weighted by molar-refractivity contribution is 0.0952. The molecule has 0 saturated heterocycles. The molecule has 31 heavy (non-hydrogen) atoms. The summed E-state index contributed by atoms with van der Waals surface area (Å²) in [6, 6.07) is 19.8. The average molecular weight is 415 g/mol. The number of nitrogens with zero attached hydrogens (tertiary/aromatic N) is 3. The van der Waals surface area contributed by atoms with Gasteiger partial charge in [-0.2, -0.15) is 5.10 Å². The van der Waals surface area contributed by atoms with E-state index in [1.54, 1.807) is 4.68 Å². The van der Waals surface area contributed by atoms with E-state index in [2.05, 4.69) is 10.4 Å². The maximum atomic E-state index is 13.2. The quantitative estimate of drug-likeness (QED) is 0.486. The minimum atomic E-state index is -0.140. The molecule has 4 rings (SSSR count). The third kappa shape index (κ3) is 4.49. The topological polar surface area (TPSA) is 69.0 Å². The maximum absolute atomic E-state index is 13.2. The summed E-state index contributed by atoms with van der Waals surface area (Å²) in [6.07, 6.45) is 0. The van der Waals surface area contributed by atoms with E-state index in [0.717, 1.165) is 33.5 Å². The van der Waals surface area contributed by atoms with Gasteiger partial charge in [-0.15, -0.1) is 0 Å². The first-order valence-corrected chi connectivity index (χ1v) is 10.4. The van der Waals surface area contributed by atoms with Crippen molar-refractivity contribution in [2.45, 2.75) is 27.0 Å². The third-order valence-electron chi connectivity index (χ3n) is 5.23. The Morgan fingerprint density at radius 2 is 1.77 bits per heavy atom. The van der Waals surface area contributed by atoms with E-state index in [1.165, 1.54) is 0 Å². The summed E-state index contributed by atoms with van der Waals surface area (Å²) in [5, 5.41) is 8.32. The van der Waals surface area contributed by atoms with E-state index >= 15 is 0 Å². The van der Waals surface area contributed by atoms with Gasteiger partial charge < -0.3 is 10.1 Å². The van der Waals surface area contributed by atoms with Crippen LogP contribution in [0.25, 0.3) is 22.3 Å². The monoisotopic (exact) mass is 414 g/mol. The van der Waals surface area contributed by atoms with Crippen molar-refractivity contribution in [2.24, 2.45) is 7.05 Å². The Morgan fingerprint density at radius 3 is 2.48 bits per heavy atom. The van der Waals surface area contributed by atoms with Crippen LogP contribution in [-0.2, 0) is 24.9 Å². The summed E-state index contributed by atoms with van der Waals surface area (Å²) in [5.41, 5.74) is 5.93. The molecule has 0 aliphatic carbocycles. The number of rotatable bonds is 7. The maximum Gasteiger partial charge on any atom is 0.252 e. The van der Waals surface area contributed by atoms with E-state index < -0.39 is 0 Å². The molecule has 0 fully saturated rings. The lowest BCUT2D eigenvalue weighted by Gasteiger charge is -2.10. The van der Waals surface area contributed by atoms with Gasteiger partial charge in [-0.1, -0.05) is 54.6 Å². The lowest BCUT2D eigenvalue weighted by atomic mass is 10.0. The molecule has 0 spiro atoms. The molecule has 6 heteroatoms. The average Bonchev–Trinajstić information content (AvgIpc) is 3.10. The van der Waals surface area contributed by atoms with Crippen molar-refractivity contribution >= 4 is 16.9 Å². The second-order valence-electron chi connectivity index (χ2n) is 7.47. The number of carbonyl (C=O) groups excluding carboxylic acids is 1. The van der Waals surface area contributed by atoms with Crippen LogP contribution in [0, 0.1) is 6.92 Å². The molecule has 1 N–H and O–H groups in total. The van der Waals surface area contributed by atoms with Gasteiger partial charge in [-0.05, 0) is 31.0 Å². The molecule has 0 aliphatic rings. The number of nitrogens with one attached hydrogen (secondary N) is 1. The number of ether oxygens (including phenoxy) is 1. The Labute approximate surface area is 181 Å². The highest BCUT2D eigenvalue weighted by Gasteiger charge is 2.19. The number of carbonyl (C=O) groups is 1. The van der Waals surface area contributed by atoms with Gasteiger partial charge in [0.25, 0.3) is 5.91 Å². The summed E-state index contributed by atoms with van der Waals surface area (Å²) in [7, 11) is 1.85. The van der Waals surface area contributed by atoms with Crippen LogP contribution in [0.2, 0.25) is 0 Å². The number of fused-ring (bicyclic) bond motifs is 1. The Bertz CT molecular complexity index is 1200. The van der Waals surface area contributed by atoms with Crippen molar-refractivity contribution in [1.29, 1.82) is 0 Å². The van der Waals surface area contributed by atoms with Crippen LogP contribution < -0.4 is 5.32 Å². The third-order valence-corrected chi connectivity index (χ3v) is 5.23. The molecular formula is C25H26N4O2. The number of aryl methyl sites for hydroxylation is 2. The van der Waals surface area contributed by atoms with E-state index in [-0.39, 0.29) is 5.91 Å². The fraction of sp³-hybridized carbons (Fsp3) is 0.240. The van der Waals surface area contributed by atoms with Gasteiger partial charge in [0.15, 0.2) is 5.65 Å². The first kappa shape index (κ1) is 20.8. The first-order valence-electron chi connectivity index (χ1n) is 10.4. The molecule has 0 saturated carbocycles. The predicted molar refractivity (Wildman–Crippen MR) is 122 cm³/mol. The standard InChI is InChI=1S/C25H26N4O2/c1-4-31-16-19-12-10-18(11-13-19)15-26-25(30)21-14-22(20-8-6-5-7-9-20)27-24-23(21)17(2)28-29(24)3/h5-14H,4,15-16H2,1-3H3,(H,26,30). The fourth-order valence-corrected chi connectivity index (χ4v) is 3.63. The molecule has 0 bridgehead atoms. The Hall–Kier alpha value is -3.51. The zero-order valence-corrected chi connectivity index (χ0v) is 18.1. The fourth-order valence-electron chi connectivity index (χ4n) is 3.63. The number of hydrogen-bond donors (Lipinski definition) is 1. The molecule has 1 amide bonds. The molecular weight excluding hydrogens is 388 g/mol. The van der Waals surface area contributed by atoms with Crippen LogP contribution >= 0.6 is 0 Å². The van der Waals surface area contributed by atoms with Crippen LogP contribution in [0.1, 0.15) is 34.1 Å². The van der Waals surface area contributed by atoms with E-state index in [4.69, 9.17) is 9.72 Å². The van der Waals surface area contributed by atoms with Crippen molar-refractivity contribution in [1.82, 2.24) is 20.1 Å². The number of amides is 1. The molecule has 2 heterocycles. The number of aromatic nitrogens is 3. The van der Waals surface area contributed by atoms with Gasteiger partial charge >= 0.3 is 0 Å². The van der Waals surface area contributed by atoms with Crippen molar-refractivity contribution in [3.8, 4) is 11.3 Å². The number of benzene rings is 2. The highest BCUT2D eigenvalue weighted by atomic mass is 16.5. The lowest BCUT2D eigenvalue weighted by Crippen LogP contribution is -2.23. The van der Waals surface area contributed by atoms with E-state index in [9.17, 15) is 4.79 Å². The Balaban J connectivity index is 1.61. The second-order valence-corrected chi connectivity index (χ2v) is 7.47. The van der Waals surface area contributed by atoms with Crippen molar-refractivity contribution in [3.63, 3.8) is 0 Å². The van der Waals surface area contributed by atoms with Gasteiger partial charge in [0.05, 0.1) is 28.9 Å². The highest BCUT2D eigenvalue weighted by molar-refractivity contribution is 6.07. The smallest absolute Gasteiger partial charge is 0.252 e. The molecule has 2 aromatic carbocycles. The van der Waals surface area contributed by atoms with Crippen LogP contribution in [0.5, 0.6) is 0 Å². The SMILES string of the molecule is CCOCc1ccc(CNC(=O)c2cc(-c3ccccc3)nc3c2c(C)nn3C)cc1. The van der Waals surface area contributed by atoms with Crippen LogP contribution in [0.3, 0.4) is 0 Å². The van der Waals surface area contributed by atoms with Gasteiger partial charge in [0, 0.05) is 25.8 Å². The van der Waals surface area contributed by atoms with E-state index in [0.29, 0.717) is 31.0 Å². The Morgan fingerprint density at radius 1 is 1.06 bits per heavy atom. The molecule has 158 valence electrons. The van der Waals surface area contributed by atoms with Crippen LogP contribution in [0.4, 0.5) is 0 Å². The zero-order valence-electron chi connectivity index (χ0n) is 18.1. The van der Waals surface area contributed by atoms with Crippen LogP contribution in [-0.4, -0.2) is 27.3 Å². The second kappa shape index (κ2) is 9.10. The molecule has 0 atom stereocenters. The van der Waals surface area contributed by atoms with Gasteiger partial charge in [-0.3, -0.25) is 9.48 Å². The zero-order chi connectivity index (χ0) is 21.8. The first-order chi connectivity index (χ1) is 15.1. The molecule has 2 aromatic heterocycles. The number of pyridine rings is 1. The highest BCUT2D eigenvalue weighted by Crippen LogP contribution is 2.26. The van der Waals surface area contributed by atoms with Crippen LogP contribution in [0.15, 0.2) is 60.7 Å². The van der Waals surface area contributed by atoms with Gasteiger partial charge in [-0.25, -0.2) is 4.98 Å². The summed E-state index contributed by atoms with van der Waals surface area (Å²) >= 11 is 0. The number of hydrogen-bond acceptors (Lipinski definition) is 4. The summed E-state index contributed by atoms with van der Waals surface area (Å²) in [6.45, 7) is 5.61. The predicted octanol–water partition coefficient (Wildman–Crippen LogP) is 4.41. The van der Waals surface area contributed by atoms with Crippen molar-refractivity contribution in [2.75, 3.05) is 6.61 Å². The normalized spacial score (nSPS) is 11.1. The molecule has 4 aromatic rings. The van der Waals surface area contributed by atoms with Crippen molar-refractivity contribution < 1.29 is 9.53 Å². The Kier molecular flexibility index (Phi) is 6.09. The summed E-state index contributed by atoms with van der Waals surface area (Å²) in [5.74, 6) is -0.140. The molecule has 6 nitrogen and oxygen atoms in total. The molecule has 0 aliphatic heterocycles.